The maximum absolute atomic E-state index is 14.1. The minimum atomic E-state index is -3.45. The lowest BCUT2D eigenvalue weighted by Crippen LogP contribution is -2.38. The molecule has 1 aromatic rings. The maximum atomic E-state index is 14.1. The Morgan fingerprint density at radius 3 is 2.40 bits per heavy atom. The summed E-state index contributed by atoms with van der Waals surface area (Å²) in [4.78, 5) is 0. The van der Waals surface area contributed by atoms with Gasteiger partial charge in [0.25, 0.3) is 5.85 Å². The van der Waals surface area contributed by atoms with Crippen LogP contribution in [-0.4, -0.2) is 12.5 Å². The van der Waals surface area contributed by atoms with Gasteiger partial charge in [0.15, 0.2) is 0 Å². The first-order chi connectivity index (χ1) is 6.97. The first-order valence-corrected chi connectivity index (χ1v) is 4.74. The second kappa shape index (κ2) is 3.23. The van der Waals surface area contributed by atoms with Crippen molar-refractivity contribution in [3.8, 4) is 0 Å². The van der Waals surface area contributed by atoms with E-state index in [0.717, 1.165) is 0 Å². The van der Waals surface area contributed by atoms with Crippen molar-refractivity contribution in [1.82, 2.24) is 0 Å². The van der Waals surface area contributed by atoms with Crippen molar-refractivity contribution < 1.29 is 17.9 Å². The molecule has 1 fully saturated rings. The normalized spacial score (nSPS) is 29.3. The molecule has 15 heavy (non-hydrogen) atoms. The maximum Gasteiger partial charge on any atom is 0.312 e. The van der Waals surface area contributed by atoms with Gasteiger partial charge in [-0.25, -0.2) is 0 Å². The molecule has 1 aromatic carbocycles. The zero-order valence-corrected chi connectivity index (χ0v) is 8.27. The van der Waals surface area contributed by atoms with E-state index in [1.54, 1.807) is 19.1 Å². The highest BCUT2D eigenvalue weighted by atomic mass is 19.3. The zero-order valence-electron chi connectivity index (χ0n) is 8.27. The number of hydrogen-bond acceptors (Lipinski definition) is 1. The summed E-state index contributed by atoms with van der Waals surface area (Å²) in [6, 6.07) is 6.14. The predicted octanol–water partition coefficient (Wildman–Crippen LogP) is 3.17. The van der Waals surface area contributed by atoms with Gasteiger partial charge in [-0.3, -0.25) is 0 Å². The van der Waals surface area contributed by atoms with Gasteiger partial charge in [0.2, 0.25) is 0 Å². The molecule has 1 nitrogen and oxygen atoms in total. The lowest BCUT2D eigenvalue weighted by Gasteiger charge is -2.27. The summed E-state index contributed by atoms with van der Waals surface area (Å²) in [5, 5.41) is 0. The third kappa shape index (κ3) is 1.44. The van der Waals surface area contributed by atoms with Crippen molar-refractivity contribution in [1.29, 1.82) is 0 Å². The Kier molecular flexibility index (Phi) is 2.26. The van der Waals surface area contributed by atoms with Crippen molar-refractivity contribution in [2.75, 3.05) is 6.61 Å². The molecule has 1 heterocycles. The Bertz CT molecular complexity index is 378. The van der Waals surface area contributed by atoms with E-state index < -0.39 is 18.2 Å². The minimum absolute atomic E-state index is 0.0764. The van der Waals surface area contributed by atoms with Gasteiger partial charge in [-0.15, -0.1) is 0 Å². The molecule has 82 valence electrons. The van der Waals surface area contributed by atoms with Gasteiger partial charge in [0.05, 0.1) is 6.61 Å². The molecule has 1 saturated heterocycles. The van der Waals surface area contributed by atoms with Crippen LogP contribution in [0, 0.1) is 6.92 Å². The summed E-state index contributed by atoms with van der Waals surface area (Å²) in [5.74, 6) is -6.41. The van der Waals surface area contributed by atoms with Crippen LogP contribution in [0.25, 0.3) is 0 Å². The highest BCUT2D eigenvalue weighted by Gasteiger charge is 2.61. The summed E-state index contributed by atoms with van der Waals surface area (Å²) in [6.07, 6.45) is -0.572. The fourth-order valence-electron chi connectivity index (χ4n) is 1.79. The van der Waals surface area contributed by atoms with Crippen LogP contribution < -0.4 is 0 Å². The standard InChI is InChI=1S/C11H11F3O/c1-8-4-2-3-5-9(8)11(14)10(12,13)6-7-15-11/h2-5H,6-7H2,1H3. The molecule has 0 N–H and O–H groups in total. The largest absolute Gasteiger partial charge is 0.337 e. The van der Waals surface area contributed by atoms with Crippen molar-refractivity contribution in [2.45, 2.75) is 25.1 Å². The van der Waals surface area contributed by atoms with Crippen LogP contribution in [0.3, 0.4) is 0 Å². The average molecular weight is 216 g/mol. The molecule has 0 aliphatic carbocycles. The van der Waals surface area contributed by atoms with E-state index in [1.165, 1.54) is 12.1 Å². The molecule has 0 amide bonds. The van der Waals surface area contributed by atoms with Gasteiger partial charge in [-0.05, 0) is 12.5 Å². The third-order valence-corrected chi connectivity index (χ3v) is 2.68. The van der Waals surface area contributed by atoms with Crippen molar-refractivity contribution >= 4 is 0 Å². The van der Waals surface area contributed by atoms with E-state index in [-0.39, 0.29) is 12.2 Å². The second-order valence-corrected chi connectivity index (χ2v) is 3.71. The van der Waals surface area contributed by atoms with E-state index in [4.69, 9.17) is 0 Å². The smallest absolute Gasteiger partial charge is 0.312 e. The fraction of sp³-hybridized carbons (Fsp3) is 0.455. The van der Waals surface area contributed by atoms with Crippen LogP contribution in [0.5, 0.6) is 0 Å². The topological polar surface area (TPSA) is 9.23 Å². The second-order valence-electron chi connectivity index (χ2n) is 3.71. The number of aryl methyl sites for hydroxylation is 1. The molecule has 1 aliphatic heterocycles. The molecular formula is C11H11F3O. The monoisotopic (exact) mass is 216 g/mol. The van der Waals surface area contributed by atoms with Gasteiger partial charge in [-0.2, -0.15) is 13.2 Å². The summed E-state index contributed by atoms with van der Waals surface area (Å²) in [5.41, 5.74) is 0.397. The van der Waals surface area contributed by atoms with Gasteiger partial charge in [0.1, 0.15) is 0 Å². The molecule has 0 bridgehead atoms. The van der Waals surface area contributed by atoms with Crippen LogP contribution >= 0.6 is 0 Å². The summed E-state index contributed by atoms with van der Waals surface area (Å²) >= 11 is 0. The van der Waals surface area contributed by atoms with E-state index in [1.807, 2.05) is 0 Å². The average Bonchev–Trinajstić information content (AvgIpc) is 2.43. The van der Waals surface area contributed by atoms with Crippen molar-refractivity contribution in [3.05, 3.63) is 35.4 Å². The molecule has 0 spiro atoms. The van der Waals surface area contributed by atoms with Gasteiger partial charge >= 0.3 is 5.92 Å². The van der Waals surface area contributed by atoms with Crippen LogP contribution in [0.2, 0.25) is 0 Å². The first kappa shape index (κ1) is 10.5. The Labute approximate surface area is 85.9 Å². The quantitative estimate of drug-likeness (QED) is 0.700. The predicted molar refractivity (Wildman–Crippen MR) is 49.5 cm³/mol. The van der Waals surface area contributed by atoms with Crippen LogP contribution in [0.1, 0.15) is 17.5 Å². The number of benzene rings is 1. The van der Waals surface area contributed by atoms with E-state index in [0.29, 0.717) is 5.56 Å². The van der Waals surface area contributed by atoms with E-state index in [9.17, 15) is 13.2 Å². The first-order valence-electron chi connectivity index (χ1n) is 4.74. The van der Waals surface area contributed by atoms with Crippen molar-refractivity contribution in [3.63, 3.8) is 0 Å². The summed E-state index contributed by atoms with van der Waals surface area (Å²) in [7, 11) is 0. The Morgan fingerprint density at radius 1 is 1.20 bits per heavy atom. The SMILES string of the molecule is Cc1ccccc1C1(F)OCCC1(F)F. The number of rotatable bonds is 1. The zero-order chi connectivity index (χ0) is 11.1. The molecule has 2 rings (SSSR count). The fourth-order valence-corrected chi connectivity index (χ4v) is 1.79. The number of alkyl halides is 3. The van der Waals surface area contributed by atoms with Crippen LogP contribution in [0.15, 0.2) is 24.3 Å². The van der Waals surface area contributed by atoms with E-state index >= 15 is 0 Å². The molecular weight excluding hydrogens is 205 g/mol. The molecule has 4 heteroatoms. The van der Waals surface area contributed by atoms with Gasteiger partial charge in [0, 0.05) is 12.0 Å². The Hall–Kier alpha value is -1.03. The minimum Gasteiger partial charge on any atom is -0.337 e. The summed E-state index contributed by atoms with van der Waals surface area (Å²) in [6.45, 7) is 1.34. The molecule has 0 saturated carbocycles. The lowest BCUT2D eigenvalue weighted by molar-refractivity contribution is -0.233. The van der Waals surface area contributed by atoms with Crippen molar-refractivity contribution in [2.24, 2.45) is 0 Å². The molecule has 1 atom stereocenters. The highest BCUT2D eigenvalue weighted by molar-refractivity contribution is 5.32. The molecule has 1 aliphatic rings. The molecule has 1 unspecified atom stereocenters. The Balaban J connectivity index is 2.50. The highest BCUT2D eigenvalue weighted by Crippen LogP contribution is 2.49. The van der Waals surface area contributed by atoms with E-state index in [2.05, 4.69) is 4.74 Å². The number of hydrogen-bond donors (Lipinski definition) is 0. The summed E-state index contributed by atoms with van der Waals surface area (Å²) < 4.78 is 45.4. The van der Waals surface area contributed by atoms with Gasteiger partial charge in [-0.1, -0.05) is 24.3 Å². The number of halogens is 3. The number of ether oxygens (including phenoxy) is 1. The van der Waals surface area contributed by atoms with Crippen LogP contribution in [0.4, 0.5) is 13.2 Å². The van der Waals surface area contributed by atoms with Crippen LogP contribution in [-0.2, 0) is 10.6 Å². The Morgan fingerprint density at radius 2 is 1.87 bits per heavy atom. The third-order valence-electron chi connectivity index (χ3n) is 2.68. The molecule has 0 aromatic heterocycles. The molecule has 0 radical (unpaired) electrons. The van der Waals surface area contributed by atoms with Gasteiger partial charge < -0.3 is 4.74 Å². The lowest BCUT2D eigenvalue weighted by atomic mass is 9.97.